The van der Waals surface area contributed by atoms with Crippen molar-refractivity contribution in [3.05, 3.63) is 35.5 Å². The second-order valence-electron chi connectivity index (χ2n) is 6.15. The van der Waals surface area contributed by atoms with Crippen molar-refractivity contribution in [1.29, 1.82) is 0 Å². The zero-order valence-electron chi connectivity index (χ0n) is 16.4. The van der Waals surface area contributed by atoms with Crippen LogP contribution in [0.4, 0.5) is 0 Å². The Labute approximate surface area is 159 Å². The van der Waals surface area contributed by atoms with Crippen molar-refractivity contribution in [3.63, 3.8) is 0 Å². The first-order chi connectivity index (χ1) is 13.1. The quantitative estimate of drug-likeness (QED) is 0.552. The molecule has 8 nitrogen and oxygen atoms in total. The smallest absolute Gasteiger partial charge is 0.319 e. The predicted octanol–water partition coefficient (Wildman–Crippen LogP) is 2.60. The molecule has 0 bridgehead atoms. The minimum Gasteiger partial charge on any atom is -0.497 e. The standard InChI is InChI=1S/C19H27N3O5/c1-5-6-7-17-20-18(27-21-17)12-22(13-19(23)26-4)11-14-8-15(24-2)10-16(9-14)25-3/h8-10H,5-7,11-13H2,1-4H3. The molecule has 0 amide bonds. The second kappa shape index (κ2) is 10.5. The summed E-state index contributed by atoms with van der Waals surface area (Å²) in [6.45, 7) is 3.02. The lowest BCUT2D eigenvalue weighted by Crippen LogP contribution is -2.30. The molecule has 1 aromatic heterocycles. The van der Waals surface area contributed by atoms with Gasteiger partial charge in [-0.2, -0.15) is 4.98 Å². The summed E-state index contributed by atoms with van der Waals surface area (Å²) in [6, 6.07) is 5.59. The minimum absolute atomic E-state index is 0.0999. The van der Waals surface area contributed by atoms with E-state index in [0.717, 1.165) is 24.8 Å². The van der Waals surface area contributed by atoms with Gasteiger partial charge in [0.25, 0.3) is 0 Å². The zero-order valence-corrected chi connectivity index (χ0v) is 16.4. The molecule has 0 saturated carbocycles. The Bertz CT molecular complexity index is 710. The van der Waals surface area contributed by atoms with E-state index < -0.39 is 0 Å². The lowest BCUT2D eigenvalue weighted by Gasteiger charge is -2.20. The van der Waals surface area contributed by atoms with Crippen molar-refractivity contribution in [2.24, 2.45) is 0 Å². The zero-order chi connectivity index (χ0) is 19.6. The Morgan fingerprint density at radius 2 is 1.81 bits per heavy atom. The molecule has 148 valence electrons. The van der Waals surface area contributed by atoms with E-state index in [9.17, 15) is 4.79 Å². The van der Waals surface area contributed by atoms with Crippen LogP contribution in [0.5, 0.6) is 11.5 Å². The first kappa shape index (κ1) is 20.7. The van der Waals surface area contributed by atoms with Gasteiger partial charge in [-0.1, -0.05) is 18.5 Å². The van der Waals surface area contributed by atoms with Gasteiger partial charge >= 0.3 is 5.97 Å². The Hall–Kier alpha value is -2.61. The van der Waals surface area contributed by atoms with Crippen molar-refractivity contribution >= 4 is 5.97 Å². The number of esters is 1. The van der Waals surface area contributed by atoms with Gasteiger partial charge in [-0.25, -0.2) is 0 Å². The number of carbonyl (C=O) groups is 1. The normalized spacial score (nSPS) is 10.9. The molecule has 0 fully saturated rings. The number of methoxy groups -OCH3 is 3. The Kier molecular flexibility index (Phi) is 8.06. The van der Waals surface area contributed by atoms with Crippen LogP contribution in [0.25, 0.3) is 0 Å². The molecule has 0 spiro atoms. The molecule has 1 heterocycles. The number of aromatic nitrogens is 2. The highest BCUT2D eigenvalue weighted by molar-refractivity contribution is 5.71. The molecule has 1 aromatic carbocycles. The molecule has 0 unspecified atom stereocenters. The van der Waals surface area contributed by atoms with Gasteiger partial charge in [0, 0.05) is 19.0 Å². The molecule has 0 aliphatic carbocycles. The third kappa shape index (κ3) is 6.56. The summed E-state index contributed by atoms with van der Waals surface area (Å²) in [5.41, 5.74) is 0.931. The van der Waals surface area contributed by atoms with Gasteiger partial charge in [0.2, 0.25) is 5.89 Å². The number of unbranched alkanes of at least 4 members (excludes halogenated alkanes) is 1. The summed E-state index contributed by atoms with van der Waals surface area (Å²) in [6.07, 6.45) is 2.86. The summed E-state index contributed by atoms with van der Waals surface area (Å²) >= 11 is 0. The number of rotatable bonds is 11. The summed E-state index contributed by atoms with van der Waals surface area (Å²) < 4.78 is 20.8. The first-order valence-corrected chi connectivity index (χ1v) is 8.90. The van der Waals surface area contributed by atoms with Crippen LogP contribution in [0.1, 0.15) is 37.0 Å². The number of nitrogens with zero attached hydrogens (tertiary/aromatic N) is 3. The highest BCUT2D eigenvalue weighted by Gasteiger charge is 2.17. The van der Waals surface area contributed by atoms with Crippen LogP contribution in [0.3, 0.4) is 0 Å². The van der Waals surface area contributed by atoms with Gasteiger partial charge in [0.05, 0.1) is 34.4 Å². The maximum atomic E-state index is 11.8. The van der Waals surface area contributed by atoms with Gasteiger partial charge in [-0.05, 0) is 24.1 Å². The van der Waals surface area contributed by atoms with Gasteiger partial charge in [0.1, 0.15) is 11.5 Å². The molecule has 2 rings (SSSR count). The fraction of sp³-hybridized carbons (Fsp3) is 0.526. The molecular weight excluding hydrogens is 350 g/mol. The Balaban J connectivity index is 2.14. The van der Waals surface area contributed by atoms with Crippen LogP contribution in [0.2, 0.25) is 0 Å². The van der Waals surface area contributed by atoms with E-state index in [0.29, 0.717) is 36.3 Å². The topological polar surface area (TPSA) is 86.9 Å². The van der Waals surface area contributed by atoms with E-state index in [1.165, 1.54) is 7.11 Å². The van der Waals surface area contributed by atoms with Crippen molar-refractivity contribution < 1.29 is 23.5 Å². The maximum Gasteiger partial charge on any atom is 0.319 e. The van der Waals surface area contributed by atoms with Gasteiger partial charge in [-0.15, -0.1) is 0 Å². The van der Waals surface area contributed by atoms with Crippen molar-refractivity contribution in [1.82, 2.24) is 15.0 Å². The minimum atomic E-state index is -0.337. The summed E-state index contributed by atoms with van der Waals surface area (Å²) in [5, 5.41) is 4.00. The van der Waals surface area contributed by atoms with E-state index >= 15 is 0 Å². The molecule has 2 aromatic rings. The molecule has 0 N–H and O–H groups in total. The van der Waals surface area contributed by atoms with Gasteiger partial charge in [0.15, 0.2) is 5.82 Å². The number of aryl methyl sites for hydroxylation is 1. The first-order valence-electron chi connectivity index (χ1n) is 8.90. The fourth-order valence-electron chi connectivity index (χ4n) is 2.61. The molecule has 0 atom stereocenters. The number of ether oxygens (including phenoxy) is 3. The predicted molar refractivity (Wildman–Crippen MR) is 98.6 cm³/mol. The second-order valence-corrected chi connectivity index (χ2v) is 6.15. The summed E-state index contributed by atoms with van der Waals surface area (Å²) in [5.74, 6) is 2.19. The average molecular weight is 377 g/mol. The van der Waals surface area contributed by atoms with Crippen LogP contribution < -0.4 is 9.47 Å². The van der Waals surface area contributed by atoms with Crippen LogP contribution in [0.15, 0.2) is 22.7 Å². The van der Waals surface area contributed by atoms with Crippen molar-refractivity contribution in [2.45, 2.75) is 39.3 Å². The lowest BCUT2D eigenvalue weighted by molar-refractivity contribution is -0.142. The van der Waals surface area contributed by atoms with Crippen molar-refractivity contribution in [2.75, 3.05) is 27.9 Å². The average Bonchev–Trinajstić information content (AvgIpc) is 3.12. The summed E-state index contributed by atoms with van der Waals surface area (Å²) in [7, 11) is 4.56. The van der Waals surface area contributed by atoms with Crippen LogP contribution in [-0.4, -0.2) is 48.9 Å². The highest BCUT2D eigenvalue weighted by atomic mass is 16.5. The third-order valence-corrected chi connectivity index (χ3v) is 4.02. The number of benzene rings is 1. The molecule has 8 heteroatoms. The monoisotopic (exact) mass is 377 g/mol. The van der Waals surface area contributed by atoms with Gasteiger partial charge < -0.3 is 18.7 Å². The van der Waals surface area contributed by atoms with Crippen molar-refractivity contribution in [3.8, 4) is 11.5 Å². The molecule has 0 aliphatic rings. The van der Waals surface area contributed by atoms with Crippen LogP contribution in [0, 0.1) is 0 Å². The van der Waals surface area contributed by atoms with E-state index in [1.54, 1.807) is 20.3 Å². The molecule has 0 aliphatic heterocycles. The number of hydrogen-bond acceptors (Lipinski definition) is 8. The molecule has 0 radical (unpaired) electrons. The largest absolute Gasteiger partial charge is 0.497 e. The van der Waals surface area contributed by atoms with Gasteiger partial charge in [-0.3, -0.25) is 9.69 Å². The molecule has 0 saturated heterocycles. The Morgan fingerprint density at radius 1 is 1.11 bits per heavy atom. The van der Waals surface area contributed by atoms with E-state index in [4.69, 9.17) is 18.7 Å². The fourth-order valence-corrected chi connectivity index (χ4v) is 2.61. The molecule has 27 heavy (non-hydrogen) atoms. The molecular formula is C19H27N3O5. The van der Waals surface area contributed by atoms with E-state index in [1.807, 2.05) is 17.0 Å². The lowest BCUT2D eigenvalue weighted by atomic mass is 10.2. The number of hydrogen-bond donors (Lipinski definition) is 0. The highest BCUT2D eigenvalue weighted by Crippen LogP contribution is 2.24. The summed E-state index contributed by atoms with van der Waals surface area (Å²) in [4.78, 5) is 18.1. The maximum absolute atomic E-state index is 11.8. The SMILES string of the molecule is CCCCc1noc(CN(CC(=O)OC)Cc2cc(OC)cc(OC)c2)n1. The van der Waals surface area contributed by atoms with Crippen LogP contribution in [-0.2, 0) is 29.0 Å². The van der Waals surface area contributed by atoms with E-state index in [-0.39, 0.29) is 12.5 Å². The van der Waals surface area contributed by atoms with Crippen LogP contribution >= 0.6 is 0 Å². The number of carbonyl (C=O) groups excluding carboxylic acids is 1. The Morgan fingerprint density at radius 3 is 2.41 bits per heavy atom. The third-order valence-electron chi connectivity index (χ3n) is 4.02. The van der Waals surface area contributed by atoms with E-state index in [2.05, 4.69) is 17.1 Å².